The zero-order valence-electron chi connectivity index (χ0n) is 16.5. The van der Waals surface area contributed by atoms with Crippen LogP contribution in [-0.2, 0) is 9.59 Å². The molecule has 0 aliphatic carbocycles. The molecule has 0 spiro atoms. The van der Waals surface area contributed by atoms with Crippen LogP contribution in [0.1, 0.15) is 18.4 Å². The molecule has 0 atom stereocenters. The molecule has 0 bridgehead atoms. The summed E-state index contributed by atoms with van der Waals surface area (Å²) in [6.07, 6.45) is 1.25. The number of carbonyl (C=O) groups excluding carboxylic acids is 2. The summed E-state index contributed by atoms with van der Waals surface area (Å²) in [6, 6.07) is 24.3. The van der Waals surface area contributed by atoms with Gasteiger partial charge in [-0.05, 0) is 24.3 Å². The summed E-state index contributed by atoms with van der Waals surface area (Å²) in [6.45, 7) is 0. The monoisotopic (exact) mass is 416 g/mol. The van der Waals surface area contributed by atoms with E-state index in [2.05, 4.69) is 10.5 Å². The van der Waals surface area contributed by atoms with E-state index in [1.54, 1.807) is 11.0 Å². The van der Waals surface area contributed by atoms with Gasteiger partial charge in [0.05, 0.1) is 11.1 Å². The lowest BCUT2D eigenvalue weighted by Gasteiger charge is -2.23. The fraction of sp³-hybridized carbons (Fsp3) is 0.0870. The Kier molecular flexibility index (Phi) is 7.21. The van der Waals surface area contributed by atoms with Gasteiger partial charge in [-0.1, -0.05) is 48.5 Å². The Morgan fingerprint density at radius 2 is 1.52 bits per heavy atom. The number of nitrogens with one attached hydrogen (secondary N) is 1. The number of benzene rings is 3. The Morgan fingerprint density at radius 1 is 0.903 bits per heavy atom. The summed E-state index contributed by atoms with van der Waals surface area (Å²) in [4.78, 5) is 36.9. The number of hydrogen-bond acceptors (Lipinski definition) is 5. The molecule has 0 fully saturated rings. The summed E-state index contributed by atoms with van der Waals surface area (Å²) in [5, 5.41) is 14.6. The van der Waals surface area contributed by atoms with Crippen LogP contribution in [0, 0.1) is 10.1 Å². The zero-order valence-corrected chi connectivity index (χ0v) is 16.5. The smallest absolute Gasteiger partial charge is 0.270 e. The van der Waals surface area contributed by atoms with Crippen LogP contribution in [-0.4, -0.2) is 23.0 Å². The van der Waals surface area contributed by atoms with Crippen LogP contribution in [0.5, 0.6) is 0 Å². The molecule has 0 unspecified atom stereocenters. The van der Waals surface area contributed by atoms with Crippen LogP contribution in [0.2, 0.25) is 0 Å². The summed E-state index contributed by atoms with van der Waals surface area (Å²) in [7, 11) is 0. The standard InChI is InChI=1S/C23H20N4O4/c28-22(25-24-17-18-8-7-13-21(16-18)27(30)31)14-15-23(29)26(19-9-3-1-4-10-19)20-11-5-2-6-12-20/h1-13,16-17H,14-15H2,(H,25,28). The molecule has 156 valence electrons. The number of nitro groups is 1. The SMILES string of the molecule is O=C(CCC(=O)N(c1ccccc1)c1ccccc1)NN=Cc1cccc([N+](=O)[O-])c1. The van der Waals surface area contributed by atoms with Crippen LogP contribution in [0.15, 0.2) is 90.0 Å². The van der Waals surface area contributed by atoms with Crippen molar-refractivity contribution in [1.29, 1.82) is 0 Å². The maximum Gasteiger partial charge on any atom is 0.270 e. The topological polar surface area (TPSA) is 105 Å². The molecule has 3 rings (SSSR count). The number of hydrogen-bond donors (Lipinski definition) is 1. The van der Waals surface area contributed by atoms with E-state index in [4.69, 9.17) is 0 Å². The van der Waals surface area contributed by atoms with Gasteiger partial charge in [0.25, 0.3) is 5.69 Å². The highest BCUT2D eigenvalue weighted by Gasteiger charge is 2.18. The number of non-ortho nitro benzene ring substituents is 1. The van der Waals surface area contributed by atoms with Gasteiger partial charge in [-0.2, -0.15) is 5.10 Å². The minimum atomic E-state index is -0.507. The van der Waals surface area contributed by atoms with Crippen molar-refractivity contribution in [3.05, 3.63) is 101 Å². The van der Waals surface area contributed by atoms with Crippen molar-refractivity contribution >= 4 is 35.1 Å². The molecule has 0 aliphatic heterocycles. The van der Waals surface area contributed by atoms with Gasteiger partial charge in [0.1, 0.15) is 0 Å². The van der Waals surface area contributed by atoms with Crippen molar-refractivity contribution in [2.75, 3.05) is 4.90 Å². The molecule has 8 nitrogen and oxygen atoms in total. The van der Waals surface area contributed by atoms with E-state index >= 15 is 0 Å². The number of para-hydroxylation sites is 2. The zero-order chi connectivity index (χ0) is 22.1. The Bertz CT molecular complexity index is 1050. The third-order valence-electron chi connectivity index (χ3n) is 4.33. The van der Waals surface area contributed by atoms with Crippen LogP contribution in [0.25, 0.3) is 0 Å². The third kappa shape index (κ3) is 6.07. The predicted molar refractivity (Wildman–Crippen MR) is 118 cm³/mol. The Morgan fingerprint density at radius 3 is 2.10 bits per heavy atom. The van der Waals surface area contributed by atoms with Gasteiger partial charge in [-0.15, -0.1) is 0 Å². The molecule has 0 aromatic heterocycles. The fourth-order valence-electron chi connectivity index (χ4n) is 2.88. The highest BCUT2D eigenvalue weighted by atomic mass is 16.6. The predicted octanol–water partition coefficient (Wildman–Crippen LogP) is 4.19. The number of carbonyl (C=O) groups is 2. The molecule has 0 saturated carbocycles. The second-order valence-electron chi connectivity index (χ2n) is 6.55. The largest absolute Gasteiger partial charge is 0.281 e. The molecule has 3 aromatic carbocycles. The molecule has 1 N–H and O–H groups in total. The van der Waals surface area contributed by atoms with E-state index in [0.717, 1.165) is 0 Å². The van der Waals surface area contributed by atoms with E-state index in [-0.39, 0.29) is 24.4 Å². The van der Waals surface area contributed by atoms with Gasteiger partial charge in [-0.3, -0.25) is 24.6 Å². The lowest BCUT2D eigenvalue weighted by atomic mass is 10.2. The number of nitrogens with zero attached hydrogens (tertiary/aromatic N) is 3. The van der Waals surface area contributed by atoms with Gasteiger partial charge in [0, 0.05) is 41.9 Å². The Labute approximate surface area is 179 Å². The Hall–Kier alpha value is -4.33. The lowest BCUT2D eigenvalue weighted by Crippen LogP contribution is -2.27. The van der Waals surface area contributed by atoms with E-state index in [9.17, 15) is 19.7 Å². The van der Waals surface area contributed by atoms with Gasteiger partial charge in [0.15, 0.2) is 0 Å². The Balaban J connectivity index is 1.60. The molecule has 0 aliphatic rings. The number of amides is 2. The fourth-order valence-corrected chi connectivity index (χ4v) is 2.88. The molecule has 0 heterocycles. The molecular formula is C23H20N4O4. The van der Waals surface area contributed by atoms with Gasteiger partial charge in [-0.25, -0.2) is 5.43 Å². The normalized spacial score (nSPS) is 10.6. The first kappa shape index (κ1) is 21.4. The van der Waals surface area contributed by atoms with Crippen molar-refractivity contribution in [3.8, 4) is 0 Å². The van der Waals surface area contributed by atoms with E-state index < -0.39 is 10.8 Å². The maximum atomic E-state index is 12.9. The van der Waals surface area contributed by atoms with Crippen molar-refractivity contribution < 1.29 is 14.5 Å². The summed E-state index contributed by atoms with van der Waals surface area (Å²) in [5.74, 6) is -0.661. The van der Waals surface area contributed by atoms with Crippen LogP contribution in [0.4, 0.5) is 17.1 Å². The quantitative estimate of drug-likeness (QED) is 0.338. The first-order valence-electron chi connectivity index (χ1n) is 9.54. The molecule has 3 aromatic rings. The lowest BCUT2D eigenvalue weighted by molar-refractivity contribution is -0.384. The number of hydrazone groups is 1. The average Bonchev–Trinajstić information content (AvgIpc) is 2.79. The first-order valence-corrected chi connectivity index (χ1v) is 9.54. The van der Waals surface area contributed by atoms with Crippen molar-refractivity contribution in [3.63, 3.8) is 0 Å². The van der Waals surface area contributed by atoms with E-state index in [1.807, 2.05) is 60.7 Å². The molecule has 8 heteroatoms. The van der Waals surface area contributed by atoms with Crippen LogP contribution < -0.4 is 10.3 Å². The van der Waals surface area contributed by atoms with E-state index in [1.165, 1.54) is 24.4 Å². The average molecular weight is 416 g/mol. The maximum absolute atomic E-state index is 12.9. The highest BCUT2D eigenvalue weighted by Crippen LogP contribution is 2.26. The number of rotatable bonds is 8. The second kappa shape index (κ2) is 10.4. The van der Waals surface area contributed by atoms with Crippen LogP contribution >= 0.6 is 0 Å². The van der Waals surface area contributed by atoms with Crippen LogP contribution in [0.3, 0.4) is 0 Å². The third-order valence-corrected chi connectivity index (χ3v) is 4.33. The highest BCUT2D eigenvalue weighted by molar-refractivity contribution is 6.01. The molecular weight excluding hydrogens is 396 g/mol. The second-order valence-corrected chi connectivity index (χ2v) is 6.55. The first-order chi connectivity index (χ1) is 15.0. The number of anilines is 2. The van der Waals surface area contributed by atoms with Gasteiger partial charge < -0.3 is 0 Å². The minimum absolute atomic E-state index is 0.0120. The number of nitro benzene ring substituents is 1. The van der Waals surface area contributed by atoms with Crippen molar-refractivity contribution in [2.45, 2.75) is 12.8 Å². The summed E-state index contributed by atoms with van der Waals surface area (Å²) < 4.78 is 0. The molecule has 0 saturated heterocycles. The minimum Gasteiger partial charge on any atom is -0.281 e. The summed E-state index contributed by atoms with van der Waals surface area (Å²) in [5.41, 5.74) is 4.18. The summed E-state index contributed by atoms with van der Waals surface area (Å²) >= 11 is 0. The van der Waals surface area contributed by atoms with Gasteiger partial charge >= 0.3 is 0 Å². The van der Waals surface area contributed by atoms with Gasteiger partial charge in [0.2, 0.25) is 11.8 Å². The van der Waals surface area contributed by atoms with E-state index in [0.29, 0.717) is 16.9 Å². The van der Waals surface area contributed by atoms with Crippen molar-refractivity contribution in [1.82, 2.24) is 5.43 Å². The molecule has 31 heavy (non-hydrogen) atoms. The van der Waals surface area contributed by atoms with Crippen molar-refractivity contribution in [2.24, 2.45) is 5.10 Å². The molecule has 2 amide bonds. The molecule has 0 radical (unpaired) electrons.